The van der Waals surface area contributed by atoms with Crippen molar-refractivity contribution in [2.24, 2.45) is 5.10 Å². The van der Waals surface area contributed by atoms with Gasteiger partial charge in [0.2, 0.25) is 0 Å². The van der Waals surface area contributed by atoms with Crippen LogP contribution < -0.4 is 5.43 Å². The van der Waals surface area contributed by atoms with Crippen molar-refractivity contribution < 1.29 is 9.90 Å². The number of hydrogen-bond acceptors (Lipinski definition) is 3. The van der Waals surface area contributed by atoms with E-state index in [4.69, 9.17) is 23.2 Å². The van der Waals surface area contributed by atoms with Crippen molar-refractivity contribution in [3.8, 4) is 5.75 Å². The van der Waals surface area contributed by atoms with Crippen LogP contribution in [-0.2, 0) is 0 Å². The highest BCUT2D eigenvalue weighted by molar-refractivity contribution is 6.42. The molecule has 2 N–H and O–H groups in total. The van der Waals surface area contributed by atoms with Gasteiger partial charge in [0.05, 0.1) is 16.3 Å². The second-order valence-electron chi connectivity index (χ2n) is 5.05. The highest BCUT2D eigenvalue weighted by Crippen LogP contribution is 2.27. The number of fused-ring (bicyclic) bond motifs is 1. The number of phenols is 1. The van der Waals surface area contributed by atoms with Gasteiger partial charge in [-0.1, -0.05) is 53.5 Å². The summed E-state index contributed by atoms with van der Waals surface area (Å²) in [6.07, 6.45) is 1.39. The van der Waals surface area contributed by atoms with Crippen LogP contribution in [0.25, 0.3) is 10.8 Å². The molecule has 120 valence electrons. The van der Waals surface area contributed by atoms with E-state index in [1.807, 2.05) is 30.3 Å². The molecule has 0 saturated carbocycles. The fourth-order valence-corrected chi connectivity index (χ4v) is 2.54. The van der Waals surface area contributed by atoms with Crippen molar-refractivity contribution in [3.05, 3.63) is 75.8 Å². The fraction of sp³-hybridized carbons (Fsp3) is 0. The number of hydrogen-bond donors (Lipinski definition) is 2. The minimum Gasteiger partial charge on any atom is -0.507 e. The van der Waals surface area contributed by atoms with E-state index in [-0.39, 0.29) is 5.75 Å². The maximum absolute atomic E-state index is 12.0. The average molecular weight is 359 g/mol. The summed E-state index contributed by atoms with van der Waals surface area (Å²) in [5, 5.41) is 16.4. The smallest absolute Gasteiger partial charge is 0.271 e. The molecule has 0 aliphatic rings. The third-order valence-corrected chi connectivity index (χ3v) is 4.22. The third-order valence-electron chi connectivity index (χ3n) is 3.48. The predicted octanol–water partition coefficient (Wildman–Crippen LogP) is 4.62. The van der Waals surface area contributed by atoms with E-state index < -0.39 is 5.91 Å². The molecule has 6 heteroatoms. The van der Waals surface area contributed by atoms with Gasteiger partial charge in [-0.2, -0.15) is 5.10 Å². The first-order valence-corrected chi connectivity index (χ1v) is 7.81. The van der Waals surface area contributed by atoms with E-state index in [0.29, 0.717) is 21.2 Å². The van der Waals surface area contributed by atoms with Crippen LogP contribution in [0.2, 0.25) is 10.0 Å². The van der Waals surface area contributed by atoms with E-state index in [1.165, 1.54) is 18.3 Å². The molecule has 0 radical (unpaired) electrons. The average Bonchev–Trinajstić information content (AvgIpc) is 2.59. The van der Waals surface area contributed by atoms with Gasteiger partial charge < -0.3 is 5.11 Å². The summed E-state index contributed by atoms with van der Waals surface area (Å²) >= 11 is 11.7. The van der Waals surface area contributed by atoms with Crippen molar-refractivity contribution >= 4 is 46.1 Å². The molecule has 0 aliphatic heterocycles. The van der Waals surface area contributed by atoms with Gasteiger partial charge in [-0.15, -0.1) is 0 Å². The Morgan fingerprint density at radius 2 is 1.83 bits per heavy atom. The summed E-state index contributed by atoms with van der Waals surface area (Å²) in [6, 6.07) is 15.6. The Morgan fingerprint density at radius 3 is 2.62 bits per heavy atom. The summed E-state index contributed by atoms with van der Waals surface area (Å²) in [5.74, 6) is -0.314. The Morgan fingerprint density at radius 1 is 1.04 bits per heavy atom. The number of phenolic OH excluding ortho intramolecular Hbond substituents is 1. The van der Waals surface area contributed by atoms with Gasteiger partial charge in [-0.05, 0) is 29.7 Å². The summed E-state index contributed by atoms with van der Waals surface area (Å²) in [6.45, 7) is 0. The first kappa shape index (κ1) is 16.3. The van der Waals surface area contributed by atoms with Crippen molar-refractivity contribution in [3.63, 3.8) is 0 Å². The fourth-order valence-electron chi connectivity index (χ4n) is 2.24. The molecule has 3 aromatic carbocycles. The van der Waals surface area contributed by atoms with Crippen LogP contribution in [0.3, 0.4) is 0 Å². The Kier molecular flexibility index (Phi) is 4.69. The molecule has 0 bridgehead atoms. The van der Waals surface area contributed by atoms with Crippen molar-refractivity contribution in [1.82, 2.24) is 5.43 Å². The monoisotopic (exact) mass is 358 g/mol. The van der Waals surface area contributed by atoms with Crippen LogP contribution >= 0.6 is 23.2 Å². The molecule has 0 saturated heterocycles. The van der Waals surface area contributed by atoms with Gasteiger partial charge in [0.1, 0.15) is 5.75 Å². The Hall–Kier alpha value is -2.56. The lowest BCUT2D eigenvalue weighted by Gasteiger charge is -2.04. The van der Waals surface area contributed by atoms with Crippen molar-refractivity contribution in [1.29, 1.82) is 0 Å². The van der Waals surface area contributed by atoms with Crippen molar-refractivity contribution in [2.45, 2.75) is 0 Å². The summed E-state index contributed by atoms with van der Waals surface area (Å²) in [7, 11) is 0. The first-order valence-electron chi connectivity index (χ1n) is 7.05. The zero-order valence-corrected chi connectivity index (χ0v) is 13.8. The number of benzene rings is 3. The molecule has 0 aromatic heterocycles. The molecule has 4 nitrogen and oxygen atoms in total. The second kappa shape index (κ2) is 6.91. The first-order chi connectivity index (χ1) is 11.6. The number of carbonyl (C=O) groups excluding carboxylic acids is 1. The maximum Gasteiger partial charge on any atom is 0.271 e. The molecule has 24 heavy (non-hydrogen) atoms. The summed E-state index contributed by atoms with van der Waals surface area (Å²) in [5.41, 5.74) is 3.23. The molecular weight excluding hydrogens is 347 g/mol. The molecule has 3 aromatic rings. The van der Waals surface area contributed by atoms with E-state index in [2.05, 4.69) is 10.5 Å². The lowest BCUT2D eigenvalue weighted by molar-refractivity contribution is 0.0955. The Balaban J connectivity index is 1.77. The standard InChI is InChI=1S/C18H12Cl2N2O2/c19-15-8-7-12(9-16(15)20)18(24)22-21-10-13-6-5-11-3-1-2-4-14(11)17(13)23/h1-10,23H,(H,22,24). The molecule has 0 heterocycles. The van der Waals surface area contributed by atoms with Crippen LogP contribution in [0.4, 0.5) is 0 Å². The van der Waals surface area contributed by atoms with Crippen LogP contribution in [0.1, 0.15) is 15.9 Å². The summed E-state index contributed by atoms with van der Waals surface area (Å²) in [4.78, 5) is 12.0. The molecule has 1 amide bonds. The topological polar surface area (TPSA) is 61.7 Å². The number of nitrogens with one attached hydrogen (secondary N) is 1. The second-order valence-corrected chi connectivity index (χ2v) is 5.87. The lowest BCUT2D eigenvalue weighted by atomic mass is 10.1. The number of hydrazone groups is 1. The number of nitrogens with zero attached hydrogens (tertiary/aromatic N) is 1. The zero-order chi connectivity index (χ0) is 17.1. The normalized spacial score (nSPS) is 11.1. The van der Waals surface area contributed by atoms with Gasteiger partial charge in [-0.25, -0.2) is 5.43 Å². The SMILES string of the molecule is O=C(NN=Cc1ccc2ccccc2c1O)c1ccc(Cl)c(Cl)c1. The largest absolute Gasteiger partial charge is 0.507 e. The zero-order valence-electron chi connectivity index (χ0n) is 12.3. The van der Waals surface area contributed by atoms with Gasteiger partial charge >= 0.3 is 0 Å². The lowest BCUT2D eigenvalue weighted by Crippen LogP contribution is -2.17. The van der Waals surface area contributed by atoms with E-state index in [9.17, 15) is 9.90 Å². The van der Waals surface area contributed by atoms with E-state index >= 15 is 0 Å². The number of rotatable bonds is 3. The molecule has 0 aliphatic carbocycles. The van der Waals surface area contributed by atoms with Crippen LogP contribution in [-0.4, -0.2) is 17.2 Å². The maximum atomic E-state index is 12.0. The number of carbonyl (C=O) groups is 1. The summed E-state index contributed by atoms with van der Waals surface area (Å²) < 4.78 is 0. The molecule has 0 atom stereocenters. The van der Waals surface area contributed by atoms with E-state index in [0.717, 1.165) is 10.8 Å². The van der Waals surface area contributed by atoms with E-state index in [1.54, 1.807) is 12.1 Å². The molecule has 0 spiro atoms. The number of aromatic hydroxyl groups is 1. The highest BCUT2D eigenvalue weighted by Gasteiger charge is 2.07. The van der Waals surface area contributed by atoms with Crippen LogP contribution in [0.15, 0.2) is 59.7 Å². The molecular formula is C18H12Cl2N2O2. The number of amides is 1. The minimum atomic E-state index is -0.426. The quantitative estimate of drug-likeness (QED) is 0.530. The molecule has 3 rings (SSSR count). The predicted molar refractivity (Wildman–Crippen MR) is 97.1 cm³/mol. The highest BCUT2D eigenvalue weighted by atomic mass is 35.5. The van der Waals surface area contributed by atoms with Crippen molar-refractivity contribution in [2.75, 3.05) is 0 Å². The van der Waals surface area contributed by atoms with Gasteiger partial charge in [-0.3, -0.25) is 4.79 Å². The third kappa shape index (κ3) is 3.35. The number of halogens is 2. The Labute approximate surface area is 148 Å². The molecule has 0 fully saturated rings. The van der Waals surface area contributed by atoms with Crippen LogP contribution in [0, 0.1) is 0 Å². The Bertz CT molecular complexity index is 955. The molecule has 0 unspecified atom stereocenters. The van der Waals surface area contributed by atoms with Crippen LogP contribution in [0.5, 0.6) is 5.75 Å². The van der Waals surface area contributed by atoms with Gasteiger partial charge in [0.15, 0.2) is 0 Å². The van der Waals surface area contributed by atoms with Gasteiger partial charge in [0.25, 0.3) is 5.91 Å². The minimum absolute atomic E-state index is 0.112. The van der Waals surface area contributed by atoms with Gasteiger partial charge in [0, 0.05) is 16.5 Å².